The molecule has 0 saturated heterocycles. The third kappa shape index (κ3) is 3.34. The van der Waals surface area contributed by atoms with Gasteiger partial charge < -0.3 is 10.6 Å². The fraction of sp³-hybridized carbons (Fsp3) is 0.167. The maximum absolute atomic E-state index is 11.2. The summed E-state index contributed by atoms with van der Waals surface area (Å²) in [6, 6.07) is 5.64. The molecule has 0 aliphatic rings. The van der Waals surface area contributed by atoms with E-state index in [0.29, 0.717) is 11.6 Å². The Labute approximate surface area is 155 Å². The van der Waals surface area contributed by atoms with E-state index < -0.39 is 0 Å². The van der Waals surface area contributed by atoms with E-state index in [1.54, 1.807) is 27.8 Å². The van der Waals surface area contributed by atoms with E-state index in [1.165, 1.54) is 6.92 Å². The molecule has 0 unspecified atom stereocenters. The molecular formula is C18H18N8O. The lowest BCUT2D eigenvalue weighted by molar-refractivity contribution is -0.114. The average molecular weight is 362 g/mol. The maximum atomic E-state index is 11.2. The number of fused-ring (bicyclic) bond motifs is 1. The van der Waals surface area contributed by atoms with Gasteiger partial charge in [-0.25, -0.2) is 4.52 Å². The quantitative estimate of drug-likeness (QED) is 0.578. The molecule has 0 fully saturated rings. The zero-order valence-electron chi connectivity index (χ0n) is 15.1. The Morgan fingerprint density at radius 1 is 1.19 bits per heavy atom. The standard InChI is InChI=1S/C18H18N8O/c1-11-6-14(4-5-15(11)21-12(2)27)22-18-23-17-9-19-8-16(26(17)24-18)13-7-20-25(3)10-13/h4-10H,1-3H3,(H,21,27)(H,22,24). The molecule has 4 rings (SSSR count). The van der Waals surface area contributed by atoms with Crippen LogP contribution in [0.25, 0.3) is 16.9 Å². The number of amides is 1. The molecule has 0 atom stereocenters. The summed E-state index contributed by atoms with van der Waals surface area (Å²) >= 11 is 0. The monoisotopic (exact) mass is 362 g/mol. The first-order valence-electron chi connectivity index (χ1n) is 8.34. The summed E-state index contributed by atoms with van der Waals surface area (Å²) in [6.45, 7) is 3.41. The molecule has 0 bridgehead atoms. The van der Waals surface area contributed by atoms with Crippen molar-refractivity contribution in [3.8, 4) is 11.3 Å². The molecule has 4 aromatic rings. The summed E-state index contributed by atoms with van der Waals surface area (Å²) in [4.78, 5) is 20.0. The lowest BCUT2D eigenvalue weighted by Gasteiger charge is -2.09. The fourth-order valence-electron chi connectivity index (χ4n) is 2.82. The first-order chi connectivity index (χ1) is 13.0. The van der Waals surface area contributed by atoms with Gasteiger partial charge in [-0.2, -0.15) is 10.1 Å². The van der Waals surface area contributed by atoms with Crippen LogP contribution in [-0.2, 0) is 11.8 Å². The number of hydrogen-bond acceptors (Lipinski definition) is 6. The zero-order chi connectivity index (χ0) is 19.0. The molecule has 1 aromatic carbocycles. The molecule has 0 aliphatic carbocycles. The van der Waals surface area contributed by atoms with Crippen molar-refractivity contribution in [3.63, 3.8) is 0 Å². The minimum Gasteiger partial charge on any atom is -0.326 e. The predicted octanol–water partition coefficient (Wildman–Crippen LogP) is 2.54. The van der Waals surface area contributed by atoms with Gasteiger partial charge in [0.05, 0.1) is 24.3 Å². The van der Waals surface area contributed by atoms with Gasteiger partial charge in [-0.1, -0.05) is 0 Å². The highest BCUT2D eigenvalue weighted by molar-refractivity contribution is 5.89. The first-order valence-corrected chi connectivity index (χ1v) is 8.34. The van der Waals surface area contributed by atoms with Crippen LogP contribution < -0.4 is 10.6 Å². The number of hydrogen-bond donors (Lipinski definition) is 2. The minimum absolute atomic E-state index is 0.101. The summed E-state index contributed by atoms with van der Waals surface area (Å²) in [7, 11) is 1.86. The second-order valence-electron chi connectivity index (χ2n) is 6.24. The number of aryl methyl sites for hydroxylation is 2. The Kier molecular flexibility index (Phi) is 4.03. The Balaban J connectivity index is 1.65. The molecule has 3 aromatic heterocycles. The van der Waals surface area contributed by atoms with Gasteiger partial charge in [0, 0.05) is 37.1 Å². The van der Waals surface area contributed by atoms with E-state index in [1.807, 2.05) is 38.4 Å². The minimum atomic E-state index is -0.101. The first kappa shape index (κ1) is 16.7. The lowest BCUT2D eigenvalue weighted by atomic mass is 10.2. The highest BCUT2D eigenvalue weighted by atomic mass is 16.1. The van der Waals surface area contributed by atoms with Crippen LogP contribution in [0.1, 0.15) is 12.5 Å². The summed E-state index contributed by atoms with van der Waals surface area (Å²) in [5.41, 5.74) is 4.88. The summed E-state index contributed by atoms with van der Waals surface area (Å²) in [6.07, 6.45) is 7.04. The maximum Gasteiger partial charge on any atom is 0.247 e. The van der Waals surface area contributed by atoms with Crippen molar-refractivity contribution in [1.29, 1.82) is 0 Å². The molecule has 0 saturated carbocycles. The van der Waals surface area contributed by atoms with Gasteiger partial charge >= 0.3 is 0 Å². The van der Waals surface area contributed by atoms with Crippen molar-refractivity contribution in [3.05, 3.63) is 48.5 Å². The predicted molar refractivity (Wildman–Crippen MR) is 102 cm³/mol. The number of rotatable bonds is 4. The number of carbonyl (C=O) groups excluding carboxylic acids is 1. The van der Waals surface area contributed by atoms with E-state index in [2.05, 4.69) is 30.8 Å². The van der Waals surface area contributed by atoms with Gasteiger partial charge in [0.1, 0.15) is 0 Å². The second kappa shape index (κ2) is 6.52. The molecule has 27 heavy (non-hydrogen) atoms. The van der Waals surface area contributed by atoms with Gasteiger partial charge in [-0.05, 0) is 30.7 Å². The van der Waals surface area contributed by atoms with Gasteiger partial charge in [0.15, 0.2) is 5.65 Å². The SMILES string of the molecule is CC(=O)Nc1ccc(Nc2nc3cncc(-c4cnn(C)c4)n3n2)cc1C. The van der Waals surface area contributed by atoms with Crippen molar-refractivity contribution in [2.24, 2.45) is 7.05 Å². The van der Waals surface area contributed by atoms with E-state index in [-0.39, 0.29) is 5.91 Å². The molecule has 9 heteroatoms. The smallest absolute Gasteiger partial charge is 0.247 e. The molecule has 9 nitrogen and oxygen atoms in total. The third-order valence-electron chi connectivity index (χ3n) is 4.04. The van der Waals surface area contributed by atoms with Crippen LogP contribution in [0, 0.1) is 6.92 Å². The normalized spacial score (nSPS) is 10.9. The van der Waals surface area contributed by atoms with Crippen LogP contribution in [0.3, 0.4) is 0 Å². The zero-order valence-corrected chi connectivity index (χ0v) is 15.1. The molecular weight excluding hydrogens is 344 g/mol. The van der Waals surface area contributed by atoms with E-state index in [4.69, 9.17) is 0 Å². The van der Waals surface area contributed by atoms with Crippen LogP contribution in [0.5, 0.6) is 0 Å². The van der Waals surface area contributed by atoms with Crippen LogP contribution in [0.4, 0.5) is 17.3 Å². The Morgan fingerprint density at radius 3 is 2.74 bits per heavy atom. The highest BCUT2D eigenvalue weighted by Gasteiger charge is 2.11. The van der Waals surface area contributed by atoms with E-state index in [0.717, 1.165) is 28.2 Å². The summed E-state index contributed by atoms with van der Waals surface area (Å²) < 4.78 is 3.45. The molecule has 0 spiro atoms. The van der Waals surface area contributed by atoms with Crippen molar-refractivity contribution in [2.45, 2.75) is 13.8 Å². The topological polar surface area (TPSA) is 102 Å². The molecule has 3 heterocycles. The van der Waals surface area contributed by atoms with Crippen molar-refractivity contribution in [1.82, 2.24) is 29.4 Å². The van der Waals surface area contributed by atoms with E-state index in [9.17, 15) is 4.79 Å². The number of anilines is 3. The largest absolute Gasteiger partial charge is 0.326 e. The van der Waals surface area contributed by atoms with E-state index >= 15 is 0 Å². The van der Waals surface area contributed by atoms with Gasteiger partial charge in [-0.3, -0.25) is 14.5 Å². The van der Waals surface area contributed by atoms with Crippen LogP contribution >= 0.6 is 0 Å². The number of benzene rings is 1. The molecule has 0 aliphatic heterocycles. The van der Waals surface area contributed by atoms with Crippen molar-refractivity contribution in [2.75, 3.05) is 10.6 Å². The molecule has 0 radical (unpaired) electrons. The lowest BCUT2D eigenvalue weighted by Crippen LogP contribution is -2.07. The summed E-state index contributed by atoms with van der Waals surface area (Å²) in [5.74, 6) is 0.357. The average Bonchev–Trinajstić information content (AvgIpc) is 3.22. The van der Waals surface area contributed by atoms with Gasteiger partial charge in [0.25, 0.3) is 0 Å². The van der Waals surface area contributed by atoms with Gasteiger partial charge in [-0.15, -0.1) is 5.10 Å². The Bertz CT molecular complexity index is 1140. The van der Waals surface area contributed by atoms with Crippen molar-refractivity contribution < 1.29 is 4.79 Å². The number of aromatic nitrogens is 6. The van der Waals surface area contributed by atoms with Crippen LogP contribution in [-0.4, -0.2) is 35.3 Å². The highest BCUT2D eigenvalue weighted by Crippen LogP contribution is 2.23. The Morgan fingerprint density at radius 2 is 2.04 bits per heavy atom. The summed E-state index contributed by atoms with van der Waals surface area (Å²) in [5, 5.41) is 14.7. The van der Waals surface area contributed by atoms with Crippen LogP contribution in [0.2, 0.25) is 0 Å². The molecule has 136 valence electrons. The number of carbonyl (C=O) groups is 1. The van der Waals surface area contributed by atoms with Crippen molar-refractivity contribution >= 4 is 28.9 Å². The molecule has 2 N–H and O–H groups in total. The Hall–Kier alpha value is -3.75. The van der Waals surface area contributed by atoms with Crippen LogP contribution in [0.15, 0.2) is 43.0 Å². The number of nitrogens with zero attached hydrogens (tertiary/aromatic N) is 6. The third-order valence-corrected chi connectivity index (χ3v) is 4.04. The number of nitrogens with one attached hydrogen (secondary N) is 2. The van der Waals surface area contributed by atoms with Gasteiger partial charge in [0.2, 0.25) is 11.9 Å². The molecule has 1 amide bonds. The second-order valence-corrected chi connectivity index (χ2v) is 6.24. The fourth-order valence-corrected chi connectivity index (χ4v) is 2.82.